The summed E-state index contributed by atoms with van der Waals surface area (Å²) in [4.78, 5) is 30.8. The molecule has 2 rings (SSSR count). The molecule has 2 amide bonds. The minimum atomic E-state index is -3.06. The number of amides is 2. The van der Waals surface area contributed by atoms with E-state index >= 15 is 0 Å². The minimum absolute atomic E-state index is 0.0314. The third-order valence-corrected chi connectivity index (χ3v) is 5.85. The maximum atomic E-state index is 12.6. The molecule has 1 saturated heterocycles. The van der Waals surface area contributed by atoms with Crippen LogP contribution in [0.25, 0.3) is 0 Å². The van der Waals surface area contributed by atoms with Crippen molar-refractivity contribution < 1.29 is 18.0 Å². The van der Waals surface area contributed by atoms with Gasteiger partial charge in [-0.25, -0.2) is 8.42 Å². The average Bonchev–Trinajstić information content (AvgIpc) is 2.92. The number of rotatable bonds is 7. The van der Waals surface area contributed by atoms with Crippen LogP contribution in [0.3, 0.4) is 0 Å². The zero-order chi connectivity index (χ0) is 18.4. The van der Waals surface area contributed by atoms with Crippen molar-refractivity contribution in [1.82, 2.24) is 15.2 Å². The van der Waals surface area contributed by atoms with Crippen molar-refractivity contribution in [3.05, 3.63) is 29.6 Å². The van der Waals surface area contributed by atoms with E-state index < -0.39 is 9.84 Å². The molecule has 2 heterocycles. The van der Waals surface area contributed by atoms with Gasteiger partial charge in [0.2, 0.25) is 0 Å². The van der Waals surface area contributed by atoms with E-state index in [4.69, 9.17) is 0 Å². The SMILES string of the molecule is CCCN(CCC)C(=O)c1cc(C(=O)NC2CCS(=O)(=O)C2)ccn1. The molecule has 8 heteroatoms. The van der Waals surface area contributed by atoms with Gasteiger partial charge in [-0.3, -0.25) is 14.6 Å². The Morgan fingerprint density at radius 2 is 1.96 bits per heavy atom. The number of carbonyl (C=O) groups is 2. The average molecular weight is 367 g/mol. The first-order valence-corrected chi connectivity index (χ1v) is 10.4. The topological polar surface area (TPSA) is 96.4 Å². The largest absolute Gasteiger partial charge is 0.348 e. The summed E-state index contributed by atoms with van der Waals surface area (Å²) in [7, 11) is -3.06. The number of sulfone groups is 1. The Hall–Kier alpha value is -1.96. The lowest BCUT2D eigenvalue weighted by atomic mass is 10.1. The number of pyridine rings is 1. The molecule has 0 spiro atoms. The van der Waals surface area contributed by atoms with Crippen molar-refractivity contribution in [3.63, 3.8) is 0 Å². The van der Waals surface area contributed by atoms with E-state index in [2.05, 4.69) is 10.3 Å². The van der Waals surface area contributed by atoms with Gasteiger partial charge in [-0.05, 0) is 31.4 Å². The third-order valence-electron chi connectivity index (χ3n) is 4.08. The van der Waals surface area contributed by atoms with E-state index in [-0.39, 0.29) is 35.1 Å². The Morgan fingerprint density at radius 1 is 1.28 bits per heavy atom. The van der Waals surface area contributed by atoms with Gasteiger partial charge in [0.15, 0.2) is 9.84 Å². The molecule has 1 aromatic heterocycles. The van der Waals surface area contributed by atoms with Gasteiger partial charge in [0.05, 0.1) is 11.5 Å². The fraction of sp³-hybridized carbons (Fsp3) is 0.588. The first-order chi connectivity index (χ1) is 11.9. The summed E-state index contributed by atoms with van der Waals surface area (Å²) in [6.45, 7) is 5.29. The Labute approximate surface area is 148 Å². The highest BCUT2D eigenvalue weighted by molar-refractivity contribution is 7.91. The Kier molecular flexibility index (Phi) is 6.52. The minimum Gasteiger partial charge on any atom is -0.348 e. The lowest BCUT2D eigenvalue weighted by Crippen LogP contribution is -2.36. The summed E-state index contributed by atoms with van der Waals surface area (Å²) in [5.41, 5.74) is 0.546. The van der Waals surface area contributed by atoms with Gasteiger partial charge in [0, 0.05) is 30.9 Å². The molecular weight excluding hydrogens is 342 g/mol. The zero-order valence-corrected chi connectivity index (χ0v) is 15.5. The molecule has 1 atom stereocenters. The van der Waals surface area contributed by atoms with Gasteiger partial charge >= 0.3 is 0 Å². The molecule has 1 unspecified atom stereocenters. The van der Waals surface area contributed by atoms with Crippen molar-refractivity contribution in [2.45, 2.75) is 39.2 Å². The highest BCUT2D eigenvalue weighted by atomic mass is 32.2. The smallest absolute Gasteiger partial charge is 0.272 e. The normalized spacial score (nSPS) is 18.7. The summed E-state index contributed by atoms with van der Waals surface area (Å²) in [6, 6.07) is 2.63. The third kappa shape index (κ3) is 5.26. The van der Waals surface area contributed by atoms with Crippen LogP contribution in [-0.2, 0) is 9.84 Å². The molecule has 1 aliphatic heterocycles. The summed E-state index contributed by atoms with van der Waals surface area (Å²) in [5.74, 6) is -0.505. The molecule has 0 aliphatic carbocycles. The monoisotopic (exact) mass is 367 g/mol. The highest BCUT2D eigenvalue weighted by Crippen LogP contribution is 2.13. The molecule has 25 heavy (non-hydrogen) atoms. The van der Waals surface area contributed by atoms with Crippen LogP contribution in [0.4, 0.5) is 0 Å². The van der Waals surface area contributed by atoms with Crippen LogP contribution < -0.4 is 5.32 Å². The number of hydrogen-bond acceptors (Lipinski definition) is 5. The van der Waals surface area contributed by atoms with Gasteiger partial charge in [-0.1, -0.05) is 13.8 Å². The van der Waals surface area contributed by atoms with Crippen LogP contribution in [0, 0.1) is 0 Å². The number of nitrogens with zero attached hydrogens (tertiary/aromatic N) is 2. The molecular formula is C17H25N3O4S. The zero-order valence-electron chi connectivity index (χ0n) is 14.7. The summed E-state index contributed by atoms with van der Waals surface area (Å²) < 4.78 is 23.0. The Morgan fingerprint density at radius 3 is 2.52 bits per heavy atom. The van der Waals surface area contributed by atoms with Crippen molar-refractivity contribution >= 4 is 21.7 Å². The maximum absolute atomic E-state index is 12.6. The first kappa shape index (κ1) is 19.4. The van der Waals surface area contributed by atoms with Crippen LogP contribution >= 0.6 is 0 Å². The lowest BCUT2D eigenvalue weighted by molar-refractivity contribution is 0.0749. The number of nitrogens with one attached hydrogen (secondary N) is 1. The second-order valence-corrected chi connectivity index (χ2v) is 8.52. The molecule has 1 aromatic rings. The molecule has 0 aromatic carbocycles. The van der Waals surface area contributed by atoms with E-state index in [1.807, 2.05) is 13.8 Å². The van der Waals surface area contributed by atoms with Gasteiger partial charge in [-0.2, -0.15) is 0 Å². The van der Waals surface area contributed by atoms with Gasteiger partial charge in [-0.15, -0.1) is 0 Å². The van der Waals surface area contributed by atoms with Gasteiger partial charge in [0.25, 0.3) is 11.8 Å². The first-order valence-electron chi connectivity index (χ1n) is 8.63. The van der Waals surface area contributed by atoms with Crippen molar-refractivity contribution in [2.24, 2.45) is 0 Å². The van der Waals surface area contributed by atoms with Crippen molar-refractivity contribution in [1.29, 1.82) is 0 Å². The van der Waals surface area contributed by atoms with Crippen LogP contribution in [0.5, 0.6) is 0 Å². The molecule has 138 valence electrons. The van der Waals surface area contributed by atoms with E-state index in [1.54, 1.807) is 4.90 Å². The highest BCUT2D eigenvalue weighted by Gasteiger charge is 2.29. The molecule has 1 fully saturated rings. The van der Waals surface area contributed by atoms with Crippen molar-refractivity contribution in [3.8, 4) is 0 Å². The van der Waals surface area contributed by atoms with Crippen LogP contribution in [0.15, 0.2) is 18.3 Å². The number of hydrogen-bond donors (Lipinski definition) is 1. The summed E-state index contributed by atoms with van der Waals surface area (Å²) in [6.07, 6.45) is 3.56. The molecule has 0 saturated carbocycles. The Bertz CT molecular complexity index is 727. The van der Waals surface area contributed by atoms with E-state index in [0.29, 0.717) is 25.1 Å². The fourth-order valence-corrected chi connectivity index (χ4v) is 4.56. The molecule has 0 bridgehead atoms. The number of carbonyl (C=O) groups excluding carboxylic acids is 2. The predicted molar refractivity (Wildman–Crippen MR) is 95.2 cm³/mol. The van der Waals surface area contributed by atoms with Gasteiger partial charge in [0.1, 0.15) is 5.69 Å². The summed E-state index contributed by atoms with van der Waals surface area (Å²) in [5, 5.41) is 2.73. The van der Waals surface area contributed by atoms with E-state index in [0.717, 1.165) is 12.8 Å². The molecule has 0 radical (unpaired) electrons. The number of aromatic nitrogens is 1. The quantitative estimate of drug-likeness (QED) is 0.783. The van der Waals surface area contributed by atoms with Gasteiger partial charge < -0.3 is 10.2 Å². The van der Waals surface area contributed by atoms with Crippen LogP contribution in [-0.4, -0.2) is 60.8 Å². The van der Waals surface area contributed by atoms with Crippen molar-refractivity contribution in [2.75, 3.05) is 24.6 Å². The second kappa shape index (κ2) is 8.42. The van der Waals surface area contributed by atoms with E-state index in [9.17, 15) is 18.0 Å². The lowest BCUT2D eigenvalue weighted by Gasteiger charge is -2.21. The fourth-order valence-electron chi connectivity index (χ4n) is 2.88. The standard InChI is InChI=1S/C17H25N3O4S/c1-3-8-20(9-4-2)17(22)15-11-13(5-7-18-15)16(21)19-14-6-10-25(23,24)12-14/h5,7,11,14H,3-4,6,8-10,12H2,1-2H3,(H,19,21). The predicted octanol–water partition coefficient (Wildman–Crippen LogP) is 1.26. The molecule has 1 aliphatic rings. The Balaban J connectivity index is 2.09. The summed E-state index contributed by atoms with van der Waals surface area (Å²) >= 11 is 0. The van der Waals surface area contributed by atoms with E-state index in [1.165, 1.54) is 18.3 Å². The molecule has 1 N–H and O–H groups in total. The van der Waals surface area contributed by atoms with Crippen LogP contribution in [0.2, 0.25) is 0 Å². The second-order valence-electron chi connectivity index (χ2n) is 6.30. The van der Waals surface area contributed by atoms with Crippen LogP contribution in [0.1, 0.15) is 54.0 Å². The molecule has 7 nitrogen and oxygen atoms in total. The maximum Gasteiger partial charge on any atom is 0.272 e.